The lowest BCUT2D eigenvalue weighted by Crippen LogP contribution is -2.00. The van der Waals surface area contributed by atoms with Crippen molar-refractivity contribution in [2.45, 2.75) is 0 Å². The number of hydrogen-bond donors (Lipinski definition) is 0. The molecule has 0 amide bonds. The molecule has 2 aromatic heterocycles. The van der Waals surface area contributed by atoms with Crippen LogP contribution in [0.15, 0.2) is 158 Å². The molecule has 47 heavy (non-hydrogen) atoms. The van der Waals surface area contributed by atoms with Crippen molar-refractivity contribution >= 4 is 43.1 Å². The molecule has 0 saturated carbocycles. The maximum atomic E-state index is 4.98. The van der Waals surface area contributed by atoms with Crippen LogP contribution in [0.2, 0.25) is 0 Å². The number of benzene rings is 7. The molecule has 0 aliphatic heterocycles. The van der Waals surface area contributed by atoms with Gasteiger partial charge in [0.15, 0.2) is 17.5 Å². The molecule has 4 nitrogen and oxygen atoms in total. The van der Waals surface area contributed by atoms with Gasteiger partial charge in [-0.3, -0.25) is 0 Å². The monoisotopic (exact) mass is 618 g/mol. The lowest BCUT2D eigenvalue weighted by molar-refractivity contribution is 1.07. The zero-order valence-electron chi connectivity index (χ0n) is 25.2. The fourth-order valence-corrected chi connectivity index (χ4v) is 7.29. The summed E-state index contributed by atoms with van der Waals surface area (Å²) in [5, 5.41) is 5.79. The molecule has 0 aliphatic carbocycles. The molecule has 7 aromatic carbocycles. The van der Waals surface area contributed by atoms with E-state index in [4.69, 9.17) is 19.9 Å². The molecule has 0 unspecified atom stereocenters. The van der Waals surface area contributed by atoms with E-state index in [1.165, 1.54) is 32.0 Å². The highest BCUT2D eigenvalue weighted by Gasteiger charge is 2.15. The van der Waals surface area contributed by atoms with Crippen LogP contribution in [-0.4, -0.2) is 19.9 Å². The molecule has 0 saturated heterocycles. The summed E-state index contributed by atoms with van der Waals surface area (Å²) in [4.78, 5) is 19.7. The first-order valence-electron chi connectivity index (χ1n) is 15.6. The average Bonchev–Trinajstić information content (AvgIpc) is 3.60. The van der Waals surface area contributed by atoms with E-state index < -0.39 is 0 Å². The lowest BCUT2D eigenvalue weighted by atomic mass is 9.95. The number of aromatic nitrogens is 4. The normalized spacial score (nSPS) is 11.4. The Balaban J connectivity index is 1.15. The molecule has 0 bridgehead atoms. The van der Waals surface area contributed by atoms with Gasteiger partial charge in [0.25, 0.3) is 0 Å². The molecular formula is C42H26N4S. The summed E-state index contributed by atoms with van der Waals surface area (Å²) in [5.74, 6) is 1.96. The van der Waals surface area contributed by atoms with Gasteiger partial charge in [0.1, 0.15) is 5.01 Å². The second-order valence-corrected chi connectivity index (χ2v) is 12.5. The van der Waals surface area contributed by atoms with Crippen molar-refractivity contribution in [3.8, 4) is 55.9 Å². The van der Waals surface area contributed by atoms with Crippen LogP contribution in [0.3, 0.4) is 0 Å². The van der Waals surface area contributed by atoms with Crippen molar-refractivity contribution in [1.82, 2.24) is 19.9 Å². The fraction of sp³-hybridized carbons (Fsp3) is 0. The number of rotatable bonds is 5. The topological polar surface area (TPSA) is 51.6 Å². The number of hydrogen-bond acceptors (Lipinski definition) is 5. The second-order valence-electron chi connectivity index (χ2n) is 11.5. The number of thiazole rings is 1. The van der Waals surface area contributed by atoms with E-state index in [9.17, 15) is 0 Å². The highest BCUT2D eigenvalue weighted by Crippen LogP contribution is 2.38. The Kier molecular flexibility index (Phi) is 6.61. The molecule has 0 fully saturated rings. The van der Waals surface area contributed by atoms with Crippen LogP contribution in [0, 0.1) is 0 Å². The number of nitrogens with zero attached hydrogens (tertiary/aromatic N) is 4. The lowest BCUT2D eigenvalue weighted by Gasteiger charge is -2.11. The average molecular weight is 619 g/mol. The largest absolute Gasteiger partial charge is 0.236 e. The van der Waals surface area contributed by atoms with Crippen molar-refractivity contribution in [1.29, 1.82) is 0 Å². The van der Waals surface area contributed by atoms with Crippen LogP contribution in [0.25, 0.3) is 87.6 Å². The molecule has 220 valence electrons. The summed E-state index contributed by atoms with van der Waals surface area (Å²) in [6, 6.07) is 54.7. The maximum Gasteiger partial charge on any atom is 0.164 e. The third-order valence-corrected chi connectivity index (χ3v) is 9.70. The predicted octanol–water partition coefficient (Wildman–Crippen LogP) is 11.1. The minimum atomic E-state index is 0.650. The van der Waals surface area contributed by atoms with Crippen LogP contribution in [-0.2, 0) is 0 Å². The van der Waals surface area contributed by atoms with E-state index >= 15 is 0 Å². The van der Waals surface area contributed by atoms with Gasteiger partial charge in [-0.2, -0.15) is 0 Å². The van der Waals surface area contributed by atoms with Crippen LogP contribution in [0.1, 0.15) is 0 Å². The highest BCUT2D eigenvalue weighted by molar-refractivity contribution is 7.22. The third-order valence-electron chi connectivity index (χ3n) is 8.54. The van der Waals surface area contributed by atoms with E-state index in [0.717, 1.165) is 38.2 Å². The summed E-state index contributed by atoms with van der Waals surface area (Å²) in [6.45, 7) is 0. The van der Waals surface area contributed by atoms with Crippen molar-refractivity contribution in [3.63, 3.8) is 0 Å². The van der Waals surface area contributed by atoms with Gasteiger partial charge in [-0.15, -0.1) is 11.3 Å². The zero-order valence-corrected chi connectivity index (χ0v) is 26.0. The van der Waals surface area contributed by atoms with E-state index in [1.807, 2.05) is 66.7 Å². The molecule has 9 rings (SSSR count). The van der Waals surface area contributed by atoms with Crippen molar-refractivity contribution < 1.29 is 0 Å². The Morgan fingerprint density at radius 3 is 1.64 bits per heavy atom. The van der Waals surface area contributed by atoms with Crippen molar-refractivity contribution in [2.24, 2.45) is 0 Å². The summed E-state index contributed by atoms with van der Waals surface area (Å²) < 4.78 is 1.21. The molecule has 0 radical (unpaired) electrons. The molecule has 0 aliphatic rings. The maximum absolute atomic E-state index is 4.98. The highest BCUT2D eigenvalue weighted by atomic mass is 32.1. The van der Waals surface area contributed by atoms with Crippen LogP contribution >= 0.6 is 11.3 Å². The number of fused-ring (bicyclic) bond motifs is 4. The Bertz CT molecular complexity index is 2500. The Hall–Kier alpha value is -6.04. The van der Waals surface area contributed by atoms with Gasteiger partial charge in [0.05, 0.1) is 10.2 Å². The third kappa shape index (κ3) is 5.03. The zero-order chi connectivity index (χ0) is 31.2. The summed E-state index contributed by atoms with van der Waals surface area (Å²) >= 11 is 1.76. The van der Waals surface area contributed by atoms with Crippen molar-refractivity contribution in [3.05, 3.63) is 158 Å². The molecule has 0 N–H and O–H groups in total. The van der Waals surface area contributed by atoms with Gasteiger partial charge in [0.2, 0.25) is 0 Å². The smallest absolute Gasteiger partial charge is 0.164 e. The molecule has 0 atom stereocenters. The van der Waals surface area contributed by atoms with E-state index in [0.29, 0.717) is 17.5 Å². The fourth-order valence-electron chi connectivity index (χ4n) is 6.19. The molecule has 5 heteroatoms. The Morgan fingerprint density at radius 1 is 0.362 bits per heavy atom. The minimum Gasteiger partial charge on any atom is -0.236 e. The Morgan fingerprint density at radius 2 is 0.957 bits per heavy atom. The minimum absolute atomic E-state index is 0.650. The second kappa shape index (κ2) is 11.4. The van der Waals surface area contributed by atoms with Crippen LogP contribution < -0.4 is 0 Å². The quantitative estimate of drug-likeness (QED) is 0.193. The van der Waals surface area contributed by atoms with Crippen LogP contribution in [0.5, 0.6) is 0 Å². The van der Waals surface area contributed by atoms with Gasteiger partial charge in [-0.1, -0.05) is 140 Å². The van der Waals surface area contributed by atoms with E-state index in [-0.39, 0.29) is 0 Å². The summed E-state index contributed by atoms with van der Waals surface area (Å²) in [6.07, 6.45) is 0. The standard InChI is InChI=1S/C42H26N4S/c1-4-11-28(12-5-1)39-44-40(29-13-6-2-7-14-29)46-41(45-39)33-21-23-35-31(25-33)17-10-18-34(35)32-20-19-27-22-24-37-38(36(27)26-32)47-42(43-37)30-15-8-3-9-16-30/h1-26H. The summed E-state index contributed by atoms with van der Waals surface area (Å²) in [5.41, 5.74) is 7.40. The van der Waals surface area contributed by atoms with Crippen molar-refractivity contribution in [2.75, 3.05) is 0 Å². The molecule has 9 aromatic rings. The van der Waals surface area contributed by atoms with E-state index in [2.05, 4.69) is 91.0 Å². The first-order valence-corrected chi connectivity index (χ1v) is 16.4. The van der Waals surface area contributed by atoms with Gasteiger partial charge in [0, 0.05) is 27.6 Å². The SMILES string of the molecule is c1ccc(-c2nc(-c3ccccc3)nc(-c3ccc4c(-c5ccc6ccc7nc(-c8ccccc8)sc7c6c5)cccc4c3)n2)cc1. The van der Waals surface area contributed by atoms with Gasteiger partial charge in [-0.25, -0.2) is 19.9 Å². The van der Waals surface area contributed by atoms with Gasteiger partial charge in [-0.05, 0) is 45.5 Å². The van der Waals surface area contributed by atoms with Gasteiger partial charge >= 0.3 is 0 Å². The van der Waals surface area contributed by atoms with Gasteiger partial charge < -0.3 is 0 Å². The molecule has 2 heterocycles. The van der Waals surface area contributed by atoms with Crippen LogP contribution in [0.4, 0.5) is 0 Å². The molecule has 0 spiro atoms. The first-order chi connectivity index (χ1) is 23.3. The first kappa shape index (κ1) is 27.3. The molecular weight excluding hydrogens is 593 g/mol. The van der Waals surface area contributed by atoms with E-state index in [1.54, 1.807) is 11.3 Å². The summed E-state index contributed by atoms with van der Waals surface area (Å²) in [7, 11) is 0. The predicted molar refractivity (Wildman–Crippen MR) is 195 cm³/mol. The Labute approximate surface area is 275 Å².